The summed E-state index contributed by atoms with van der Waals surface area (Å²) in [5.41, 5.74) is 8.69. The molecule has 4 nitrogen and oxygen atoms in total. The first-order valence-electron chi connectivity index (χ1n) is 9.02. The van der Waals surface area contributed by atoms with Gasteiger partial charge in [0.05, 0.1) is 13.5 Å². The van der Waals surface area contributed by atoms with Gasteiger partial charge in [0.2, 0.25) is 5.91 Å². The third-order valence-corrected chi connectivity index (χ3v) is 4.18. The number of carbonyl (C=O) groups excluding carboxylic acids is 1. The number of hydrogen-bond donors (Lipinski definition) is 1. The lowest BCUT2D eigenvalue weighted by molar-refractivity contribution is -0.131. The number of halogens is 1. The Morgan fingerprint density at radius 3 is 2.07 bits per heavy atom. The van der Waals surface area contributed by atoms with Crippen molar-refractivity contribution in [3.63, 3.8) is 0 Å². The Labute approximate surface area is 169 Å². The van der Waals surface area contributed by atoms with Crippen LogP contribution in [0.15, 0.2) is 48.5 Å². The van der Waals surface area contributed by atoms with Gasteiger partial charge in [0, 0.05) is 18.8 Å². The second kappa shape index (κ2) is 10.2. The molecule has 0 saturated heterocycles. The Kier molecular flexibility index (Phi) is 8.64. The molecule has 0 aliphatic heterocycles. The number of nitrogen functional groups attached to an aromatic ring is 1. The van der Waals surface area contributed by atoms with Crippen LogP contribution in [0.3, 0.4) is 0 Å². The van der Waals surface area contributed by atoms with Gasteiger partial charge in [-0.3, -0.25) is 4.79 Å². The minimum atomic E-state index is 0. The standard InChI is InChI=1S/C22H30N2O2.ClH/c1-22(2,3)16-24(14-13-17-7-11-20(26-4)12-8-17)21(25)15-18-5-9-19(23)10-6-18;/h5-12H,13-16,23H2,1-4H3;1H. The van der Waals surface area contributed by atoms with Gasteiger partial charge in [0.25, 0.3) is 0 Å². The van der Waals surface area contributed by atoms with Crippen molar-refractivity contribution in [3.05, 3.63) is 59.7 Å². The number of anilines is 1. The second-order valence-corrected chi connectivity index (χ2v) is 7.89. The molecule has 0 saturated carbocycles. The molecule has 27 heavy (non-hydrogen) atoms. The van der Waals surface area contributed by atoms with Crippen molar-refractivity contribution in [2.75, 3.05) is 25.9 Å². The highest BCUT2D eigenvalue weighted by molar-refractivity contribution is 5.85. The van der Waals surface area contributed by atoms with Crippen molar-refractivity contribution in [2.45, 2.75) is 33.6 Å². The maximum Gasteiger partial charge on any atom is 0.227 e. The van der Waals surface area contributed by atoms with Gasteiger partial charge in [-0.05, 0) is 47.2 Å². The Balaban J connectivity index is 0.00000364. The van der Waals surface area contributed by atoms with Gasteiger partial charge in [0.1, 0.15) is 5.75 Å². The molecule has 2 aromatic rings. The molecule has 0 aliphatic rings. The van der Waals surface area contributed by atoms with E-state index in [0.29, 0.717) is 18.7 Å². The van der Waals surface area contributed by atoms with E-state index in [4.69, 9.17) is 10.5 Å². The van der Waals surface area contributed by atoms with E-state index < -0.39 is 0 Å². The molecule has 0 spiro atoms. The van der Waals surface area contributed by atoms with Crippen LogP contribution in [0.1, 0.15) is 31.9 Å². The van der Waals surface area contributed by atoms with E-state index in [0.717, 1.165) is 24.3 Å². The van der Waals surface area contributed by atoms with E-state index in [2.05, 4.69) is 32.9 Å². The van der Waals surface area contributed by atoms with Crippen molar-refractivity contribution < 1.29 is 9.53 Å². The molecule has 0 aliphatic carbocycles. The minimum absolute atomic E-state index is 0. The zero-order valence-electron chi connectivity index (χ0n) is 16.7. The van der Waals surface area contributed by atoms with Crippen LogP contribution in [-0.2, 0) is 17.6 Å². The Morgan fingerprint density at radius 2 is 1.56 bits per heavy atom. The van der Waals surface area contributed by atoms with Crippen LogP contribution in [0.4, 0.5) is 5.69 Å². The highest BCUT2D eigenvalue weighted by Crippen LogP contribution is 2.18. The lowest BCUT2D eigenvalue weighted by Crippen LogP contribution is -2.40. The first kappa shape index (κ1) is 22.8. The van der Waals surface area contributed by atoms with Crippen molar-refractivity contribution in [1.29, 1.82) is 0 Å². The lowest BCUT2D eigenvalue weighted by atomic mass is 9.95. The zero-order chi connectivity index (χ0) is 19.2. The number of methoxy groups -OCH3 is 1. The number of carbonyl (C=O) groups is 1. The molecule has 5 heteroatoms. The number of amides is 1. The molecule has 0 unspecified atom stereocenters. The molecule has 0 aromatic heterocycles. The molecular formula is C22H31ClN2O2. The predicted molar refractivity (Wildman–Crippen MR) is 115 cm³/mol. The van der Waals surface area contributed by atoms with Gasteiger partial charge in [-0.1, -0.05) is 45.0 Å². The fourth-order valence-electron chi connectivity index (χ4n) is 2.84. The van der Waals surface area contributed by atoms with E-state index in [1.54, 1.807) is 7.11 Å². The summed E-state index contributed by atoms with van der Waals surface area (Å²) >= 11 is 0. The molecule has 0 bridgehead atoms. The van der Waals surface area contributed by atoms with Gasteiger partial charge in [-0.15, -0.1) is 12.4 Å². The average Bonchev–Trinajstić information content (AvgIpc) is 2.60. The molecule has 0 radical (unpaired) electrons. The average molecular weight is 391 g/mol. The van der Waals surface area contributed by atoms with Gasteiger partial charge >= 0.3 is 0 Å². The highest BCUT2D eigenvalue weighted by Gasteiger charge is 2.21. The van der Waals surface area contributed by atoms with Crippen LogP contribution >= 0.6 is 12.4 Å². The summed E-state index contributed by atoms with van der Waals surface area (Å²) in [5, 5.41) is 0. The first-order valence-corrected chi connectivity index (χ1v) is 9.02. The molecule has 0 heterocycles. The van der Waals surface area contributed by atoms with Crippen molar-refractivity contribution >= 4 is 24.0 Å². The molecular weight excluding hydrogens is 360 g/mol. The zero-order valence-corrected chi connectivity index (χ0v) is 17.5. The van der Waals surface area contributed by atoms with E-state index >= 15 is 0 Å². The van der Waals surface area contributed by atoms with Gasteiger partial charge in [-0.25, -0.2) is 0 Å². The van der Waals surface area contributed by atoms with E-state index in [1.165, 1.54) is 5.56 Å². The topological polar surface area (TPSA) is 55.6 Å². The number of ether oxygens (including phenoxy) is 1. The number of nitrogens with two attached hydrogens (primary N) is 1. The summed E-state index contributed by atoms with van der Waals surface area (Å²) in [6, 6.07) is 15.6. The molecule has 1 amide bonds. The summed E-state index contributed by atoms with van der Waals surface area (Å²) in [6.07, 6.45) is 1.23. The molecule has 0 atom stereocenters. The molecule has 0 fully saturated rings. The van der Waals surface area contributed by atoms with Crippen LogP contribution in [0.25, 0.3) is 0 Å². The fraction of sp³-hybridized carbons (Fsp3) is 0.409. The van der Waals surface area contributed by atoms with Gasteiger partial charge < -0.3 is 15.4 Å². The number of nitrogens with zero attached hydrogens (tertiary/aromatic N) is 1. The molecule has 148 valence electrons. The number of hydrogen-bond acceptors (Lipinski definition) is 3. The largest absolute Gasteiger partial charge is 0.497 e. The summed E-state index contributed by atoms with van der Waals surface area (Å²) in [6.45, 7) is 7.91. The van der Waals surface area contributed by atoms with Crippen molar-refractivity contribution in [1.82, 2.24) is 4.90 Å². The van der Waals surface area contributed by atoms with Crippen LogP contribution in [0.5, 0.6) is 5.75 Å². The predicted octanol–water partition coefficient (Wildman–Crippen LogP) is 4.36. The Morgan fingerprint density at radius 1 is 1.00 bits per heavy atom. The van der Waals surface area contributed by atoms with Gasteiger partial charge in [0.15, 0.2) is 0 Å². The summed E-state index contributed by atoms with van der Waals surface area (Å²) in [7, 11) is 1.66. The molecule has 2 rings (SSSR count). The second-order valence-electron chi connectivity index (χ2n) is 7.89. The van der Waals surface area contributed by atoms with Crippen LogP contribution < -0.4 is 10.5 Å². The fourth-order valence-corrected chi connectivity index (χ4v) is 2.84. The van der Waals surface area contributed by atoms with E-state index in [9.17, 15) is 4.79 Å². The maximum absolute atomic E-state index is 12.9. The number of benzene rings is 2. The van der Waals surface area contributed by atoms with E-state index in [-0.39, 0.29) is 23.7 Å². The van der Waals surface area contributed by atoms with Crippen LogP contribution in [0.2, 0.25) is 0 Å². The summed E-state index contributed by atoms with van der Waals surface area (Å²) in [4.78, 5) is 14.8. The Bertz CT molecular complexity index is 707. The van der Waals surface area contributed by atoms with Crippen molar-refractivity contribution in [2.24, 2.45) is 5.41 Å². The normalized spacial score (nSPS) is 10.8. The lowest BCUT2D eigenvalue weighted by Gasteiger charge is -2.30. The third kappa shape index (κ3) is 7.92. The Hall–Kier alpha value is -2.20. The van der Waals surface area contributed by atoms with Crippen molar-refractivity contribution in [3.8, 4) is 5.75 Å². The molecule has 2 N–H and O–H groups in total. The monoisotopic (exact) mass is 390 g/mol. The first-order chi connectivity index (χ1) is 12.3. The number of rotatable bonds is 7. The molecule has 2 aromatic carbocycles. The van der Waals surface area contributed by atoms with Crippen LogP contribution in [-0.4, -0.2) is 31.0 Å². The van der Waals surface area contributed by atoms with E-state index in [1.807, 2.05) is 41.3 Å². The smallest absolute Gasteiger partial charge is 0.227 e. The summed E-state index contributed by atoms with van der Waals surface area (Å²) in [5.74, 6) is 0.998. The third-order valence-electron chi connectivity index (χ3n) is 4.18. The minimum Gasteiger partial charge on any atom is -0.497 e. The SMILES string of the molecule is COc1ccc(CCN(CC(C)(C)C)C(=O)Cc2ccc(N)cc2)cc1.Cl. The quantitative estimate of drug-likeness (QED) is 0.714. The maximum atomic E-state index is 12.9. The van der Waals surface area contributed by atoms with Crippen LogP contribution in [0, 0.1) is 5.41 Å². The van der Waals surface area contributed by atoms with Gasteiger partial charge in [-0.2, -0.15) is 0 Å². The summed E-state index contributed by atoms with van der Waals surface area (Å²) < 4.78 is 5.20. The highest BCUT2D eigenvalue weighted by atomic mass is 35.5.